The van der Waals surface area contributed by atoms with E-state index < -0.39 is 0 Å². The van der Waals surface area contributed by atoms with E-state index in [1.54, 1.807) is 0 Å². The second-order valence-electron chi connectivity index (χ2n) is 3.99. The molecule has 0 spiro atoms. The first-order chi connectivity index (χ1) is 8.22. The number of hydrogen-bond acceptors (Lipinski definition) is 4. The maximum absolute atomic E-state index is 9.84. The van der Waals surface area contributed by atoms with E-state index in [0.717, 1.165) is 25.2 Å². The molecule has 1 aliphatic rings. The van der Waals surface area contributed by atoms with Crippen molar-refractivity contribution in [3.8, 4) is 11.5 Å². The lowest BCUT2D eigenvalue weighted by Crippen LogP contribution is -2.42. The smallest absolute Gasteiger partial charge is 0.172 e. The van der Waals surface area contributed by atoms with Crippen LogP contribution in [0.5, 0.6) is 11.5 Å². The molecule has 18 heavy (non-hydrogen) atoms. The lowest BCUT2D eigenvalue weighted by Gasteiger charge is -2.25. The van der Waals surface area contributed by atoms with Crippen LogP contribution in [-0.2, 0) is 0 Å². The van der Waals surface area contributed by atoms with Gasteiger partial charge in [-0.25, -0.2) is 0 Å². The van der Waals surface area contributed by atoms with Crippen LogP contribution in [0, 0.1) is 0 Å². The molecule has 0 radical (unpaired) electrons. The summed E-state index contributed by atoms with van der Waals surface area (Å²) >= 11 is 3.36. The third-order valence-electron chi connectivity index (χ3n) is 2.79. The normalized spacial score (nSPS) is 19.1. The van der Waals surface area contributed by atoms with Gasteiger partial charge in [-0.1, -0.05) is 0 Å². The van der Waals surface area contributed by atoms with Gasteiger partial charge >= 0.3 is 0 Å². The largest absolute Gasteiger partial charge is 0.503 e. The number of aromatic hydroxyl groups is 1. The molecule has 0 aromatic heterocycles. The summed E-state index contributed by atoms with van der Waals surface area (Å²) < 4.78 is 6.09. The topological polar surface area (TPSA) is 53.5 Å². The highest BCUT2D eigenvalue weighted by molar-refractivity contribution is 9.10. The molecule has 1 saturated heterocycles. The molecule has 6 heteroatoms. The first kappa shape index (κ1) is 15.6. The molecule has 0 saturated carbocycles. The summed E-state index contributed by atoms with van der Waals surface area (Å²) in [6.07, 6.45) is 0. The molecular weight excluding hydrogens is 320 g/mol. The minimum absolute atomic E-state index is 0. The van der Waals surface area contributed by atoms with Crippen LogP contribution in [-0.4, -0.2) is 31.3 Å². The van der Waals surface area contributed by atoms with Crippen LogP contribution in [0.25, 0.3) is 0 Å². The zero-order valence-electron chi connectivity index (χ0n) is 10.2. The number of hydrogen-bond donors (Lipinski definition) is 3. The Bertz CT molecular complexity index is 398. The Hall–Kier alpha value is -0.490. The summed E-state index contributed by atoms with van der Waals surface area (Å²) in [5.74, 6) is 0.698. The molecule has 4 nitrogen and oxygen atoms in total. The molecular formula is C12H18BrClN2O2. The summed E-state index contributed by atoms with van der Waals surface area (Å²) in [4.78, 5) is 0. The fraction of sp³-hybridized carbons (Fsp3) is 0.500. The Labute approximate surface area is 122 Å². The van der Waals surface area contributed by atoms with Crippen molar-refractivity contribution in [1.29, 1.82) is 0 Å². The van der Waals surface area contributed by atoms with E-state index in [2.05, 4.69) is 26.6 Å². The van der Waals surface area contributed by atoms with Crippen LogP contribution in [0.4, 0.5) is 0 Å². The Balaban J connectivity index is 0.00000162. The van der Waals surface area contributed by atoms with Crippen molar-refractivity contribution in [3.05, 3.63) is 22.2 Å². The molecule has 0 bridgehead atoms. The summed E-state index contributed by atoms with van der Waals surface area (Å²) in [7, 11) is 0. The Kier molecular flexibility index (Phi) is 6.21. The lowest BCUT2D eigenvalue weighted by atomic mass is 10.0. The van der Waals surface area contributed by atoms with Gasteiger partial charge in [-0.2, -0.15) is 0 Å². The van der Waals surface area contributed by atoms with Gasteiger partial charge in [0.15, 0.2) is 11.5 Å². The minimum Gasteiger partial charge on any atom is -0.503 e. The average molecular weight is 338 g/mol. The van der Waals surface area contributed by atoms with E-state index in [-0.39, 0.29) is 24.2 Å². The minimum atomic E-state index is 0. The molecule has 102 valence electrons. The van der Waals surface area contributed by atoms with Crippen LogP contribution >= 0.6 is 28.3 Å². The molecule has 1 aromatic carbocycles. The molecule has 0 amide bonds. The molecule has 0 unspecified atom stereocenters. The van der Waals surface area contributed by atoms with E-state index >= 15 is 0 Å². The number of nitrogens with one attached hydrogen (secondary N) is 2. The first-order valence-corrected chi connectivity index (χ1v) is 6.61. The van der Waals surface area contributed by atoms with Gasteiger partial charge in [0.2, 0.25) is 0 Å². The average Bonchev–Trinajstić information content (AvgIpc) is 2.36. The number of rotatable bonds is 3. The number of ether oxygens (including phenoxy) is 1. The van der Waals surface area contributed by atoms with Crippen molar-refractivity contribution < 1.29 is 9.84 Å². The van der Waals surface area contributed by atoms with Gasteiger partial charge in [0, 0.05) is 25.7 Å². The van der Waals surface area contributed by atoms with Crippen LogP contribution in [0.1, 0.15) is 18.5 Å². The maximum atomic E-state index is 9.84. The zero-order valence-corrected chi connectivity index (χ0v) is 12.6. The SMILES string of the molecule is CCOc1cc([C@@H]2CNCCN2)cc(Br)c1O.Cl. The predicted octanol–water partition coefficient (Wildman–Crippen LogP) is 2.21. The van der Waals surface area contributed by atoms with Gasteiger partial charge in [0.25, 0.3) is 0 Å². The van der Waals surface area contributed by atoms with Crippen molar-refractivity contribution >= 4 is 28.3 Å². The highest BCUT2D eigenvalue weighted by atomic mass is 79.9. The zero-order chi connectivity index (χ0) is 12.3. The van der Waals surface area contributed by atoms with Crippen molar-refractivity contribution in [2.75, 3.05) is 26.2 Å². The monoisotopic (exact) mass is 336 g/mol. The summed E-state index contributed by atoms with van der Waals surface area (Å²) in [6.45, 7) is 5.28. The van der Waals surface area contributed by atoms with Crippen LogP contribution < -0.4 is 15.4 Å². The fourth-order valence-corrected chi connectivity index (χ4v) is 2.41. The third-order valence-corrected chi connectivity index (χ3v) is 3.40. The Morgan fingerprint density at radius 3 is 2.83 bits per heavy atom. The Morgan fingerprint density at radius 2 is 2.22 bits per heavy atom. The third kappa shape index (κ3) is 3.51. The van der Waals surface area contributed by atoms with E-state index in [9.17, 15) is 5.11 Å². The highest BCUT2D eigenvalue weighted by Gasteiger charge is 2.18. The Morgan fingerprint density at radius 1 is 1.44 bits per heavy atom. The molecule has 1 fully saturated rings. The maximum Gasteiger partial charge on any atom is 0.172 e. The molecule has 3 N–H and O–H groups in total. The number of piperazine rings is 1. The van der Waals surface area contributed by atoms with Crippen LogP contribution in [0.3, 0.4) is 0 Å². The summed E-state index contributed by atoms with van der Waals surface area (Å²) in [6, 6.07) is 4.09. The number of phenolic OH excluding ortho intramolecular Hbond substituents is 1. The molecule has 1 heterocycles. The lowest BCUT2D eigenvalue weighted by molar-refractivity contribution is 0.316. The summed E-state index contributed by atoms with van der Waals surface area (Å²) in [5.41, 5.74) is 1.12. The second kappa shape index (κ2) is 7.19. The van der Waals surface area contributed by atoms with E-state index in [1.165, 1.54) is 0 Å². The predicted molar refractivity (Wildman–Crippen MR) is 77.8 cm³/mol. The molecule has 2 rings (SSSR count). The van der Waals surface area contributed by atoms with Gasteiger partial charge in [-0.3, -0.25) is 0 Å². The van der Waals surface area contributed by atoms with Gasteiger partial charge in [0.1, 0.15) is 0 Å². The van der Waals surface area contributed by atoms with Gasteiger partial charge < -0.3 is 20.5 Å². The number of benzene rings is 1. The quantitative estimate of drug-likeness (QED) is 0.791. The number of phenols is 1. The standard InChI is InChI=1S/C12H17BrN2O2.ClH/c1-2-17-11-6-8(5-9(13)12(11)16)10-7-14-3-4-15-10;/h5-6,10,14-16H,2-4,7H2,1H3;1H/t10-;/m0./s1. The summed E-state index contributed by atoms with van der Waals surface area (Å²) in [5, 5.41) is 16.6. The van der Waals surface area contributed by atoms with Crippen LogP contribution in [0.2, 0.25) is 0 Å². The molecule has 1 aliphatic heterocycles. The van der Waals surface area contributed by atoms with Crippen LogP contribution in [0.15, 0.2) is 16.6 Å². The van der Waals surface area contributed by atoms with Crippen molar-refractivity contribution in [2.24, 2.45) is 0 Å². The first-order valence-electron chi connectivity index (χ1n) is 5.81. The van der Waals surface area contributed by atoms with Crippen molar-refractivity contribution in [2.45, 2.75) is 13.0 Å². The highest BCUT2D eigenvalue weighted by Crippen LogP contribution is 2.37. The fourth-order valence-electron chi connectivity index (χ4n) is 1.95. The molecule has 1 atom stereocenters. The van der Waals surface area contributed by atoms with Crippen molar-refractivity contribution in [3.63, 3.8) is 0 Å². The van der Waals surface area contributed by atoms with Gasteiger partial charge in [-0.05, 0) is 40.5 Å². The van der Waals surface area contributed by atoms with E-state index in [0.29, 0.717) is 16.8 Å². The van der Waals surface area contributed by atoms with E-state index in [1.807, 2.05) is 19.1 Å². The van der Waals surface area contributed by atoms with Crippen molar-refractivity contribution in [1.82, 2.24) is 10.6 Å². The second-order valence-corrected chi connectivity index (χ2v) is 4.85. The van der Waals surface area contributed by atoms with Gasteiger partial charge in [-0.15, -0.1) is 12.4 Å². The molecule has 1 aromatic rings. The molecule has 0 aliphatic carbocycles. The van der Waals surface area contributed by atoms with E-state index in [4.69, 9.17) is 4.74 Å². The number of halogens is 2. The van der Waals surface area contributed by atoms with Gasteiger partial charge in [0.05, 0.1) is 11.1 Å².